The summed E-state index contributed by atoms with van der Waals surface area (Å²) < 4.78 is 0. The van der Waals surface area contributed by atoms with Crippen LogP contribution in [0.1, 0.15) is 19.4 Å². The first-order valence-corrected chi connectivity index (χ1v) is 5.20. The van der Waals surface area contributed by atoms with Crippen LogP contribution < -0.4 is 5.32 Å². The lowest BCUT2D eigenvalue weighted by molar-refractivity contribution is -0.112. The van der Waals surface area contributed by atoms with Gasteiger partial charge in [-0.2, -0.15) is 0 Å². The van der Waals surface area contributed by atoms with Crippen molar-refractivity contribution in [2.45, 2.75) is 20.8 Å². The maximum absolute atomic E-state index is 11.7. The third-order valence-corrected chi connectivity index (χ3v) is 2.08. The normalized spacial score (nSPS) is 11.8. The zero-order valence-electron chi connectivity index (χ0n) is 9.82. The van der Waals surface area contributed by atoms with Crippen molar-refractivity contribution in [1.82, 2.24) is 0 Å². The number of carbonyl (C=O) groups excluding carboxylic acids is 1. The van der Waals surface area contributed by atoms with Crippen LogP contribution in [0, 0.1) is 6.92 Å². The van der Waals surface area contributed by atoms with Gasteiger partial charge in [0, 0.05) is 11.9 Å². The number of aliphatic imine (C=N–C) groups is 1. The van der Waals surface area contributed by atoms with E-state index in [4.69, 9.17) is 0 Å². The highest BCUT2D eigenvalue weighted by Crippen LogP contribution is 2.10. The maximum Gasteiger partial charge on any atom is 0.273 e. The molecule has 1 aromatic rings. The molecule has 0 bridgehead atoms. The second-order valence-electron chi connectivity index (χ2n) is 3.38. The minimum absolute atomic E-state index is 0.190. The Morgan fingerprint density at radius 2 is 1.88 bits per heavy atom. The van der Waals surface area contributed by atoms with Crippen molar-refractivity contribution in [3.63, 3.8) is 0 Å². The number of rotatable bonds is 3. The van der Waals surface area contributed by atoms with E-state index < -0.39 is 0 Å². The molecule has 0 spiro atoms. The van der Waals surface area contributed by atoms with Crippen LogP contribution in [0.4, 0.5) is 5.69 Å². The molecule has 0 aliphatic rings. The average molecular weight is 216 g/mol. The van der Waals surface area contributed by atoms with Gasteiger partial charge in [-0.3, -0.25) is 9.79 Å². The number of amides is 1. The zero-order chi connectivity index (χ0) is 12.0. The van der Waals surface area contributed by atoms with Crippen LogP contribution in [0.2, 0.25) is 0 Å². The second-order valence-corrected chi connectivity index (χ2v) is 3.38. The third kappa shape index (κ3) is 3.35. The minimum Gasteiger partial charge on any atom is -0.321 e. The molecule has 1 aromatic carbocycles. The Balaban J connectivity index is 2.74. The van der Waals surface area contributed by atoms with E-state index in [-0.39, 0.29) is 5.91 Å². The Morgan fingerprint density at radius 1 is 1.25 bits per heavy atom. The molecule has 0 aliphatic heterocycles. The number of anilines is 1. The molecule has 0 heterocycles. The standard InChI is InChI=1S/C13H16N2O/c1-4-12(14-5-2)13(16)15-11-8-6-10(3)7-9-11/h4-9H,1-3H3,(H,15,16)/b12-4-,14-5?. The molecule has 3 heteroatoms. The highest BCUT2D eigenvalue weighted by molar-refractivity contribution is 6.04. The molecule has 1 rings (SSSR count). The first-order valence-electron chi connectivity index (χ1n) is 5.20. The summed E-state index contributed by atoms with van der Waals surface area (Å²) in [5.41, 5.74) is 2.36. The van der Waals surface area contributed by atoms with E-state index in [1.54, 1.807) is 26.1 Å². The van der Waals surface area contributed by atoms with Crippen molar-refractivity contribution < 1.29 is 4.79 Å². The fourth-order valence-electron chi connectivity index (χ4n) is 1.24. The molecule has 0 unspecified atom stereocenters. The first-order chi connectivity index (χ1) is 7.67. The Hall–Kier alpha value is -1.90. The minimum atomic E-state index is -0.190. The molecule has 1 N–H and O–H groups in total. The lowest BCUT2D eigenvalue weighted by atomic mass is 10.2. The van der Waals surface area contributed by atoms with Gasteiger partial charge in [-0.05, 0) is 32.9 Å². The second kappa shape index (κ2) is 5.85. The van der Waals surface area contributed by atoms with Gasteiger partial charge in [-0.15, -0.1) is 0 Å². The number of carbonyl (C=O) groups is 1. The van der Waals surface area contributed by atoms with E-state index in [1.165, 1.54) is 0 Å². The Morgan fingerprint density at radius 3 is 2.38 bits per heavy atom. The number of aryl methyl sites for hydroxylation is 1. The summed E-state index contributed by atoms with van der Waals surface area (Å²) in [6, 6.07) is 7.65. The SMILES string of the molecule is CC=N/C(=C\C)C(=O)Nc1ccc(C)cc1. The van der Waals surface area contributed by atoms with E-state index in [0.717, 1.165) is 11.3 Å². The van der Waals surface area contributed by atoms with E-state index >= 15 is 0 Å². The van der Waals surface area contributed by atoms with E-state index in [9.17, 15) is 4.79 Å². The Bertz CT molecular complexity index is 416. The monoisotopic (exact) mass is 216 g/mol. The largest absolute Gasteiger partial charge is 0.321 e. The van der Waals surface area contributed by atoms with Crippen molar-refractivity contribution in [2.75, 3.05) is 5.32 Å². The third-order valence-electron chi connectivity index (χ3n) is 2.08. The molecule has 1 amide bonds. The summed E-state index contributed by atoms with van der Waals surface area (Å²) in [4.78, 5) is 15.7. The molecule has 0 radical (unpaired) electrons. The van der Waals surface area contributed by atoms with E-state index in [2.05, 4.69) is 10.3 Å². The number of nitrogens with one attached hydrogen (secondary N) is 1. The molecular weight excluding hydrogens is 200 g/mol. The predicted octanol–water partition coefficient (Wildman–Crippen LogP) is 2.93. The van der Waals surface area contributed by atoms with Gasteiger partial charge in [0.25, 0.3) is 5.91 Å². The van der Waals surface area contributed by atoms with Gasteiger partial charge in [0.2, 0.25) is 0 Å². The summed E-state index contributed by atoms with van der Waals surface area (Å²) >= 11 is 0. The van der Waals surface area contributed by atoms with Crippen molar-refractivity contribution in [1.29, 1.82) is 0 Å². The van der Waals surface area contributed by atoms with E-state index in [1.807, 2.05) is 31.2 Å². The quantitative estimate of drug-likeness (QED) is 0.612. The van der Waals surface area contributed by atoms with Gasteiger partial charge in [-0.25, -0.2) is 0 Å². The van der Waals surface area contributed by atoms with Crippen molar-refractivity contribution in [2.24, 2.45) is 4.99 Å². The zero-order valence-corrected chi connectivity index (χ0v) is 9.82. The summed E-state index contributed by atoms with van der Waals surface area (Å²) in [6.07, 6.45) is 3.29. The van der Waals surface area contributed by atoms with Crippen LogP contribution in [-0.2, 0) is 4.79 Å². The van der Waals surface area contributed by atoms with Crippen molar-refractivity contribution in [3.05, 3.63) is 41.6 Å². The highest BCUT2D eigenvalue weighted by atomic mass is 16.2. The average Bonchev–Trinajstić information content (AvgIpc) is 2.29. The molecule has 0 aliphatic carbocycles. The van der Waals surface area contributed by atoms with Gasteiger partial charge in [0.15, 0.2) is 0 Å². The van der Waals surface area contributed by atoms with Crippen LogP contribution in [0.5, 0.6) is 0 Å². The number of nitrogens with zero attached hydrogens (tertiary/aromatic N) is 1. The fraction of sp³-hybridized carbons (Fsp3) is 0.231. The maximum atomic E-state index is 11.7. The molecule has 3 nitrogen and oxygen atoms in total. The van der Waals surface area contributed by atoms with Crippen LogP contribution >= 0.6 is 0 Å². The van der Waals surface area contributed by atoms with Gasteiger partial charge in [0.1, 0.15) is 5.70 Å². The highest BCUT2D eigenvalue weighted by Gasteiger charge is 2.06. The number of hydrogen-bond donors (Lipinski definition) is 1. The smallest absolute Gasteiger partial charge is 0.273 e. The molecule has 0 saturated carbocycles. The van der Waals surface area contributed by atoms with E-state index in [0.29, 0.717) is 5.70 Å². The Kier molecular flexibility index (Phi) is 4.45. The molecule has 16 heavy (non-hydrogen) atoms. The number of benzene rings is 1. The van der Waals surface area contributed by atoms with Gasteiger partial charge in [-0.1, -0.05) is 23.8 Å². The Labute approximate surface area is 95.9 Å². The lowest BCUT2D eigenvalue weighted by Gasteiger charge is -2.05. The number of hydrogen-bond acceptors (Lipinski definition) is 2. The number of allylic oxidation sites excluding steroid dienone is 1. The van der Waals surface area contributed by atoms with Crippen molar-refractivity contribution >= 4 is 17.8 Å². The van der Waals surface area contributed by atoms with Crippen LogP contribution in [0.15, 0.2) is 41.0 Å². The van der Waals surface area contributed by atoms with Crippen LogP contribution in [0.3, 0.4) is 0 Å². The van der Waals surface area contributed by atoms with Crippen LogP contribution in [-0.4, -0.2) is 12.1 Å². The summed E-state index contributed by atoms with van der Waals surface area (Å²) in [6.45, 7) is 5.57. The summed E-state index contributed by atoms with van der Waals surface area (Å²) in [5, 5.41) is 2.78. The molecule has 84 valence electrons. The van der Waals surface area contributed by atoms with Crippen molar-refractivity contribution in [3.8, 4) is 0 Å². The van der Waals surface area contributed by atoms with Gasteiger partial charge < -0.3 is 5.32 Å². The molecule has 0 fully saturated rings. The predicted molar refractivity (Wildman–Crippen MR) is 67.7 cm³/mol. The van der Waals surface area contributed by atoms with Crippen LogP contribution in [0.25, 0.3) is 0 Å². The molecule has 0 atom stereocenters. The molecule has 0 saturated heterocycles. The molecular formula is C13H16N2O. The summed E-state index contributed by atoms with van der Waals surface area (Å²) in [7, 11) is 0. The lowest BCUT2D eigenvalue weighted by Crippen LogP contribution is -2.13. The molecule has 0 aromatic heterocycles. The van der Waals surface area contributed by atoms with Gasteiger partial charge >= 0.3 is 0 Å². The van der Waals surface area contributed by atoms with Gasteiger partial charge in [0.05, 0.1) is 0 Å². The first kappa shape index (κ1) is 12.2. The topological polar surface area (TPSA) is 41.5 Å². The summed E-state index contributed by atoms with van der Waals surface area (Å²) in [5.74, 6) is -0.190. The fourth-order valence-corrected chi connectivity index (χ4v) is 1.24.